The second-order valence-electron chi connectivity index (χ2n) is 3.87. The highest BCUT2D eigenvalue weighted by molar-refractivity contribution is 5.51. The number of nitrogens with zero attached hydrogens (tertiary/aromatic N) is 3. The van der Waals surface area contributed by atoms with Crippen molar-refractivity contribution < 1.29 is 0 Å². The van der Waals surface area contributed by atoms with Crippen molar-refractivity contribution in [3.05, 3.63) is 23.9 Å². The van der Waals surface area contributed by atoms with Gasteiger partial charge in [0.1, 0.15) is 11.9 Å². The number of likely N-dealkylation sites (N-methyl/N-ethyl adjacent to an activating group) is 1. The molecule has 1 aromatic rings. The zero-order valence-electron chi connectivity index (χ0n) is 10.6. The van der Waals surface area contributed by atoms with Gasteiger partial charge in [-0.3, -0.25) is 0 Å². The predicted molar refractivity (Wildman–Crippen MR) is 69.8 cm³/mol. The Labute approximate surface area is 103 Å². The summed E-state index contributed by atoms with van der Waals surface area (Å²) in [5.41, 5.74) is 0.603. The van der Waals surface area contributed by atoms with Gasteiger partial charge in [0.2, 0.25) is 0 Å². The van der Waals surface area contributed by atoms with Crippen LogP contribution in [0.15, 0.2) is 18.3 Å². The molecular formula is C13H20N4. The molecule has 4 nitrogen and oxygen atoms in total. The summed E-state index contributed by atoms with van der Waals surface area (Å²) < 4.78 is 0. The van der Waals surface area contributed by atoms with Gasteiger partial charge in [0.25, 0.3) is 0 Å². The maximum Gasteiger partial charge on any atom is 0.143 e. The van der Waals surface area contributed by atoms with Crippen molar-refractivity contribution in [3.8, 4) is 6.07 Å². The third-order valence-electron chi connectivity index (χ3n) is 2.64. The molecule has 0 aliphatic heterocycles. The first-order valence-corrected chi connectivity index (χ1v) is 6.13. The molecule has 4 heteroatoms. The largest absolute Gasteiger partial charge is 0.368 e. The van der Waals surface area contributed by atoms with E-state index >= 15 is 0 Å². The van der Waals surface area contributed by atoms with E-state index in [-0.39, 0.29) is 0 Å². The molecule has 1 N–H and O–H groups in total. The van der Waals surface area contributed by atoms with E-state index in [0.717, 1.165) is 26.2 Å². The molecule has 0 radical (unpaired) electrons. The van der Waals surface area contributed by atoms with Crippen LogP contribution >= 0.6 is 0 Å². The minimum atomic E-state index is 0.603. The first kappa shape index (κ1) is 13.5. The van der Waals surface area contributed by atoms with Crippen LogP contribution in [-0.4, -0.2) is 36.1 Å². The lowest BCUT2D eigenvalue weighted by Crippen LogP contribution is -2.29. The maximum absolute atomic E-state index is 8.92. The molecular weight excluding hydrogens is 212 g/mol. The Bertz CT molecular complexity index is 370. The smallest absolute Gasteiger partial charge is 0.143 e. The number of aromatic nitrogens is 1. The molecule has 1 aromatic heterocycles. The van der Waals surface area contributed by atoms with Crippen LogP contribution in [0, 0.1) is 11.3 Å². The average Bonchev–Trinajstić information content (AvgIpc) is 2.38. The minimum Gasteiger partial charge on any atom is -0.368 e. The fourth-order valence-corrected chi connectivity index (χ4v) is 1.71. The van der Waals surface area contributed by atoms with Gasteiger partial charge in [-0.05, 0) is 31.6 Å². The van der Waals surface area contributed by atoms with E-state index in [0.29, 0.717) is 11.4 Å². The van der Waals surface area contributed by atoms with Gasteiger partial charge < -0.3 is 10.2 Å². The monoisotopic (exact) mass is 232 g/mol. The average molecular weight is 232 g/mol. The Morgan fingerprint density at radius 3 is 2.88 bits per heavy atom. The Morgan fingerprint density at radius 2 is 2.24 bits per heavy atom. The summed E-state index contributed by atoms with van der Waals surface area (Å²) in [6, 6.07) is 5.69. The van der Waals surface area contributed by atoms with E-state index in [9.17, 15) is 0 Å². The third kappa shape index (κ3) is 4.41. The van der Waals surface area contributed by atoms with Gasteiger partial charge in [0, 0.05) is 19.3 Å². The van der Waals surface area contributed by atoms with E-state index in [1.54, 1.807) is 18.3 Å². The van der Waals surface area contributed by atoms with Gasteiger partial charge in [-0.25, -0.2) is 4.98 Å². The fraction of sp³-hybridized carbons (Fsp3) is 0.538. The van der Waals surface area contributed by atoms with E-state index in [1.165, 1.54) is 6.42 Å². The molecule has 92 valence electrons. The second kappa shape index (κ2) is 7.64. The molecule has 1 rings (SSSR count). The quantitative estimate of drug-likeness (QED) is 0.782. The van der Waals surface area contributed by atoms with Crippen LogP contribution in [0.4, 0.5) is 5.82 Å². The van der Waals surface area contributed by atoms with Crippen LogP contribution in [0.1, 0.15) is 25.8 Å². The van der Waals surface area contributed by atoms with Crippen molar-refractivity contribution in [2.45, 2.75) is 20.3 Å². The van der Waals surface area contributed by atoms with Crippen molar-refractivity contribution in [2.75, 3.05) is 31.5 Å². The van der Waals surface area contributed by atoms with E-state index in [4.69, 9.17) is 5.26 Å². The number of hydrogen-bond acceptors (Lipinski definition) is 4. The summed E-state index contributed by atoms with van der Waals surface area (Å²) in [6.07, 6.45) is 2.87. The summed E-state index contributed by atoms with van der Waals surface area (Å²) in [7, 11) is 0. The molecule has 0 aliphatic rings. The molecule has 0 unspecified atom stereocenters. The number of pyridine rings is 1. The molecule has 0 aliphatic carbocycles. The number of nitrogens with one attached hydrogen (secondary N) is 1. The molecule has 0 amide bonds. The maximum atomic E-state index is 8.92. The molecule has 17 heavy (non-hydrogen) atoms. The van der Waals surface area contributed by atoms with Gasteiger partial charge in [-0.1, -0.05) is 13.8 Å². The van der Waals surface area contributed by atoms with Gasteiger partial charge in [0.05, 0.1) is 5.56 Å². The van der Waals surface area contributed by atoms with E-state index in [1.807, 2.05) is 0 Å². The van der Waals surface area contributed by atoms with Crippen molar-refractivity contribution in [1.82, 2.24) is 9.88 Å². The van der Waals surface area contributed by atoms with Gasteiger partial charge in [-0.2, -0.15) is 5.26 Å². The molecule has 0 saturated heterocycles. The van der Waals surface area contributed by atoms with Gasteiger partial charge >= 0.3 is 0 Å². The van der Waals surface area contributed by atoms with Crippen molar-refractivity contribution >= 4 is 5.82 Å². The summed E-state index contributed by atoms with van der Waals surface area (Å²) in [6.45, 7) is 8.32. The topological polar surface area (TPSA) is 52.0 Å². The highest BCUT2D eigenvalue weighted by atomic mass is 15.1. The van der Waals surface area contributed by atoms with E-state index in [2.05, 4.69) is 35.1 Å². The van der Waals surface area contributed by atoms with Crippen LogP contribution in [0.25, 0.3) is 0 Å². The summed E-state index contributed by atoms with van der Waals surface area (Å²) in [5.74, 6) is 0.683. The second-order valence-corrected chi connectivity index (χ2v) is 3.87. The number of rotatable bonds is 7. The van der Waals surface area contributed by atoms with Crippen LogP contribution in [0.5, 0.6) is 0 Å². The highest BCUT2D eigenvalue weighted by Crippen LogP contribution is 2.08. The first-order chi connectivity index (χ1) is 8.31. The lowest BCUT2D eigenvalue weighted by Gasteiger charge is -2.19. The van der Waals surface area contributed by atoms with Crippen LogP contribution in [0.2, 0.25) is 0 Å². The summed E-state index contributed by atoms with van der Waals surface area (Å²) in [4.78, 5) is 6.54. The standard InChI is InChI=1S/C13H20N4/c1-3-9-17(4-2)10-8-16-13-12(11-14)6-5-7-15-13/h5-7H,3-4,8-10H2,1-2H3,(H,15,16). The predicted octanol–water partition coefficient (Wildman–Crippen LogP) is 2.10. The summed E-state index contributed by atoms with van der Waals surface area (Å²) >= 11 is 0. The SMILES string of the molecule is CCCN(CC)CCNc1ncccc1C#N. The molecule has 0 aromatic carbocycles. The van der Waals surface area contributed by atoms with Crippen LogP contribution < -0.4 is 5.32 Å². The number of anilines is 1. The lowest BCUT2D eigenvalue weighted by atomic mass is 10.3. The van der Waals surface area contributed by atoms with Crippen molar-refractivity contribution in [2.24, 2.45) is 0 Å². The third-order valence-corrected chi connectivity index (χ3v) is 2.64. The zero-order valence-corrected chi connectivity index (χ0v) is 10.6. The number of nitriles is 1. The van der Waals surface area contributed by atoms with E-state index < -0.39 is 0 Å². The zero-order chi connectivity index (χ0) is 12.5. The van der Waals surface area contributed by atoms with Crippen molar-refractivity contribution in [3.63, 3.8) is 0 Å². The Morgan fingerprint density at radius 1 is 1.41 bits per heavy atom. The fourth-order valence-electron chi connectivity index (χ4n) is 1.71. The Balaban J connectivity index is 2.42. The first-order valence-electron chi connectivity index (χ1n) is 6.13. The molecule has 0 fully saturated rings. The van der Waals surface area contributed by atoms with Crippen LogP contribution in [0.3, 0.4) is 0 Å². The van der Waals surface area contributed by atoms with Crippen LogP contribution in [-0.2, 0) is 0 Å². The lowest BCUT2D eigenvalue weighted by molar-refractivity contribution is 0.300. The highest BCUT2D eigenvalue weighted by Gasteiger charge is 2.03. The Hall–Kier alpha value is -1.60. The molecule has 0 bridgehead atoms. The molecule has 0 saturated carbocycles. The molecule has 1 heterocycles. The molecule has 0 atom stereocenters. The Kier molecular flexibility index (Phi) is 6.05. The summed E-state index contributed by atoms with van der Waals surface area (Å²) in [5, 5.41) is 12.1. The normalized spacial score (nSPS) is 10.2. The minimum absolute atomic E-state index is 0.603. The van der Waals surface area contributed by atoms with Gasteiger partial charge in [0.15, 0.2) is 0 Å². The number of hydrogen-bond donors (Lipinski definition) is 1. The van der Waals surface area contributed by atoms with Crippen molar-refractivity contribution in [1.29, 1.82) is 5.26 Å². The van der Waals surface area contributed by atoms with Gasteiger partial charge in [-0.15, -0.1) is 0 Å². The molecule has 0 spiro atoms.